The molecule has 106 valence electrons. The molecule has 0 bridgehead atoms. The summed E-state index contributed by atoms with van der Waals surface area (Å²) in [5, 5.41) is 3.15. The normalized spacial score (nSPS) is 10.4. The Bertz CT molecular complexity index is 543. The summed E-state index contributed by atoms with van der Waals surface area (Å²) in [4.78, 5) is 11.0. The van der Waals surface area contributed by atoms with E-state index >= 15 is 0 Å². The van der Waals surface area contributed by atoms with Gasteiger partial charge in [-0.2, -0.15) is 0 Å². The van der Waals surface area contributed by atoms with Gasteiger partial charge in [-0.15, -0.1) is 0 Å². The highest BCUT2D eigenvalue weighted by Crippen LogP contribution is 2.19. The Kier molecular flexibility index (Phi) is 4.56. The van der Waals surface area contributed by atoms with Crippen LogP contribution < -0.4 is 10.2 Å². The van der Waals surface area contributed by atoms with Crippen LogP contribution in [-0.4, -0.2) is 23.6 Å². The van der Waals surface area contributed by atoms with Gasteiger partial charge in [0.1, 0.15) is 5.82 Å². The first-order valence-electron chi connectivity index (χ1n) is 6.92. The van der Waals surface area contributed by atoms with Crippen LogP contribution in [0.5, 0.6) is 0 Å². The fourth-order valence-corrected chi connectivity index (χ4v) is 2.21. The van der Waals surface area contributed by atoms with Gasteiger partial charge in [0.15, 0.2) is 0 Å². The third-order valence-electron chi connectivity index (χ3n) is 3.11. The third kappa shape index (κ3) is 3.70. The van der Waals surface area contributed by atoms with Crippen LogP contribution in [0.25, 0.3) is 0 Å². The minimum Gasteiger partial charge on any atom is -0.369 e. The van der Waals surface area contributed by atoms with Crippen LogP contribution in [-0.2, 0) is 6.54 Å². The largest absolute Gasteiger partial charge is 0.369 e. The molecule has 0 aliphatic heterocycles. The lowest BCUT2D eigenvalue weighted by Gasteiger charge is -2.20. The first-order chi connectivity index (χ1) is 9.58. The SMILES string of the molecule is CCNc1cnc(CN(C)c2cc(C)cc(C)c2)cn1. The van der Waals surface area contributed by atoms with Crippen molar-refractivity contribution in [1.82, 2.24) is 9.97 Å². The number of aryl methyl sites for hydroxylation is 2. The average Bonchev–Trinajstić information content (AvgIpc) is 2.40. The highest BCUT2D eigenvalue weighted by atomic mass is 15.1. The Morgan fingerprint density at radius 3 is 2.30 bits per heavy atom. The molecule has 4 nitrogen and oxygen atoms in total. The number of aromatic nitrogens is 2. The maximum Gasteiger partial charge on any atom is 0.144 e. The van der Waals surface area contributed by atoms with E-state index in [9.17, 15) is 0 Å². The van der Waals surface area contributed by atoms with Gasteiger partial charge in [-0.3, -0.25) is 4.98 Å². The topological polar surface area (TPSA) is 41.1 Å². The molecule has 0 fully saturated rings. The standard InChI is InChI=1S/C16H22N4/c1-5-17-16-10-18-14(9-19-16)11-20(4)15-7-12(2)6-13(3)8-15/h6-10H,5,11H2,1-4H3,(H,17,19). The van der Waals surface area contributed by atoms with E-state index < -0.39 is 0 Å². The number of anilines is 2. The van der Waals surface area contributed by atoms with E-state index in [1.54, 1.807) is 6.20 Å². The molecule has 1 aromatic heterocycles. The summed E-state index contributed by atoms with van der Waals surface area (Å²) in [6.45, 7) is 7.90. The molecule has 0 amide bonds. The lowest BCUT2D eigenvalue weighted by atomic mass is 10.1. The predicted molar refractivity (Wildman–Crippen MR) is 84.2 cm³/mol. The van der Waals surface area contributed by atoms with Gasteiger partial charge in [-0.25, -0.2) is 4.98 Å². The first-order valence-corrected chi connectivity index (χ1v) is 6.92. The molecule has 0 aliphatic carbocycles. The van der Waals surface area contributed by atoms with E-state index in [2.05, 4.69) is 59.3 Å². The Hall–Kier alpha value is -2.10. The smallest absolute Gasteiger partial charge is 0.144 e. The van der Waals surface area contributed by atoms with E-state index in [4.69, 9.17) is 0 Å². The molecule has 1 aromatic carbocycles. The lowest BCUT2D eigenvalue weighted by molar-refractivity contribution is 0.871. The summed E-state index contributed by atoms with van der Waals surface area (Å²) in [5.41, 5.74) is 4.73. The van der Waals surface area contributed by atoms with Crippen molar-refractivity contribution in [1.29, 1.82) is 0 Å². The number of nitrogens with zero attached hydrogens (tertiary/aromatic N) is 3. The van der Waals surface area contributed by atoms with Crippen LogP contribution in [0.4, 0.5) is 11.5 Å². The second-order valence-corrected chi connectivity index (χ2v) is 5.13. The van der Waals surface area contributed by atoms with Gasteiger partial charge < -0.3 is 10.2 Å². The first kappa shape index (κ1) is 14.3. The molecule has 0 spiro atoms. The maximum absolute atomic E-state index is 4.44. The molecule has 2 rings (SSSR count). The molecular formula is C16H22N4. The van der Waals surface area contributed by atoms with Crippen LogP contribution in [0.1, 0.15) is 23.7 Å². The van der Waals surface area contributed by atoms with Crippen LogP contribution in [0.3, 0.4) is 0 Å². The summed E-state index contributed by atoms with van der Waals surface area (Å²) in [5.74, 6) is 0.824. The van der Waals surface area contributed by atoms with Gasteiger partial charge >= 0.3 is 0 Å². The Morgan fingerprint density at radius 2 is 1.75 bits per heavy atom. The van der Waals surface area contributed by atoms with Gasteiger partial charge in [0.2, 0.25) is 0 Å². The molecule has 0 saturated heterocycles. The van der Waals surface area contributed by atoms with Gasteiger partial charge in [-0.1, -0.05) is 6.07 Å². The minimum atomic E-state index is 0.752. The van der Waals surface area contributed by atoms with Crippen molar-refractivity contribution in [2.75, 3.05) is 23.8 Å². The van der Waals surface area contributed by atoms with Crippen LogP contribution in [0.15, 0.2) is 30.6 Å². The molecule has 0 atom stereocenters. The fraction of sp³-hybridized carbons (Fsp3) is 0.375. The molecule has 0 unspecified atom stereocenters. The van der Waals surface area contributed by atoms with Crippen molar-refractivity contribution in [2.45, 2.75) is 27.3 Å². The Morgan fingerprint density at radius 1 is 1.05 bits per heavy atom. The van der Waals surface area contributed by atoms with Gasteiger partial charge in [-0.05, 0) is 44.0 Å². The zero-order valence-corrected chi connectivity index (χ0v) is 12.6. The monoisotopic (exact) mass is 270 g/mol. The highest BCUT2D eigenvalue weighted by Gasteiger charge is 2.05. The summed E-state index contributed by atoms with van der Waals surface area (Å²) in [6, 6.07) is 6.56. The quantitative estimate of drug-likeness (QED) is 0.906. The molecule has 20 heavy (non-hydrogen) atoms. The van der Waals surface area contributed by atoms with E-state index in [-0.39, 0.29) is 0 Å². The van der Waals surface area contributed by atoms with Crippen LogP contribution >= 0.6 is 0 Å². The Balaban J connectivity index is 2.08. The van der Waals surface area contributed by atoms with Crippen molar-refractivity contribution in [3.05, 3.63) is 47.4 Å². The van der Waals surface area contributed by atoms with Crippen molar-refractivity contribution < 1.29 is 0 Å². The van der Waals surface area contributed by atoms with Crippen molar-refractivity contribution in [3.8, 4) is 0 Å². The summed E-state index contributed by atoms with van der Waals surface area (Å²) >= 11 is 0. The van der Waals surface area contributed by atoms with Gasteiger partial charge in [0.25, 0.3) is 0 Å². The van der Waals surface area contributed by atoms with Gasteiger partial charge in [0, 0.05) is 19.3 Å². The van der Waals surface area contributed by atoms with E-state index in [0.717, 1.165) is 24.6 Å². The van der Waals surface area contributed by atoms with Crippen molar-refractivity contribution in [2.24, 2.45) is 0 Å². The highest BCUT2D eigenvalue weighted by molar-refractivity contribution is 5.50. The Labute approximate surface area is 120 Å². The number of rotatable bonds is 5. The molecular weight excluding hydrogens is 248 g/mol. The number of benzene rings is 1. The second-order valence-electron chi connectivity index (χ2n) is 5.13. The summed E-state index contributed by atoms with van der Waals surface area (Å²) in [6.07, 6.45) is 3.62. The summed E-state index contributed by atoms with van der Waals surface area (Å²) < 4.78 is 0. The predicted octanol–water partition coefficient (Wildman–Crippen LogP) is 3.16. The molecule has 0 radical (unpaired) electrons. The van der Waals surface area contributed by atoms with Crippen molar-refractivity contribution >= 4 is 11.5 Å². The van der Waals surface area contributed by atoms with E-state index in [0.29, 0.717) is 0 Å². The van der Waals surface area contributed by atoms with E-state index in [1.807, 2.05) is 13.1 Å². The second kappa shape index (κ2) is 6.37. The lowest BCUT2D eigenvalue weighted by Crippen LogP contribution is -2.17. The molecule has 0 saturated carbocycles. The van der Waals surface area contributed by atoms with Gasteiger partial charge in [0.05, 0.1) is 24.6 Å². The van der Waals surface area contributed by atoms with Crippen LogP contribution in [0.2, 0.25) is 0 Å². The molecule has 4 heteroatoms. The molecule has 2 aromatic rings. The fourth-order valence-electron chi connectivity index (χ4n) is 2.21. The van der Waals surface area contributed by atoms with E-state index in [1.165, 1.54) is 16.8 Å². The number of hydrogen-bond donors (Lipinski definition) is 1. The number of hydrogen-bond acceptors (Lipinski definition) is 4. The minimum absolute atomic E-state index is 0.752. The zero-order valence-electron chi connectivity index (χ0n) is 12.6. The summed E-state index contributed by atoms with van der Waals surface area (Å²) in [7, 11) is 2.08. The van der Waals surface area contributed by atoms with Crippen molar-refractivity contribution in [3.63, 3.8) is 0 Å². The number of nitrogens with one attached hydrogen (secondary N) is 1. The average molecular weight is 270 g/mol. The maximum atomic E-state index is 4.44. The molecule has 1 heterocycles. The van der Waals surface area contributed by atoms with Crippen LogP contribution in [0, 0.1) is 13.8 Å². The molecule has 1 N–H and O–H groups in total. The molecule has 0 aliphatic rings. The zero-order chi connectivity index (χ0) is 14.5. The third-order valence-corrected chi connectivity index (χ3v) is 3.11.